The van der Waals surface area contributed by atoms with Gasteiger partial charge in [0.05, 0.1) is 15.7 Å². The van der Waals surface area contributed by atoms with Crippen molar-refractivity contribution in [2.75, 3.05) is 22.9 Å². The highest BCUT2D eigenvalue weighted by Gasteiger charge is 2.34. The molecule has 0 spiro atoms. The Morgan fingerprint density at radius 2 is 1.72 bits per heavy atom. The van der Waals surface area contributed by atoms with Crippen LogP contribution in [0.2, 0.25) is 10.0 Å². The van der Waals surface area contributed by atoms with E-state index < -0.39 is 0 Å². The van der Waals surface area contributed by atoms with Crippen LogP contribution in [0, 0.1) is 0 Å². The standard InChI is InChI=1S/C18H18Cl2N8O/c19-13-2-1-12(9-14(13)20)28-16(22)15(21)27(17-18(28)26-29-25-17)8-7-24-10-11-3-5-23-6-4-11/h1-6,9,24H,7-8,10,21-22H2. The first kappa shape index (κ1) is 19.3. The molecule has 0 saturated heterocycles. The zero-order valence-corrected chi connectivity index (χ0v) is 16.7. The first-order valence-corrected chi connectivity index (χ1v) is 9.52. The van der Waals surface area contributed by atoms with Gasteiger partial charge in [0.1, 0.15) is 5.82 Å². The number of aromatic nitrogens is 3. The Labute approximate surface area is 176 Å². The lowest BCUT2D eigenvalue weighted by molar-refractivity contribution is 0.309. The molecule has 0 bridgehead atoms. The number of benzene rings is 1. The monoisotopic (exact) mass is 432 g/mol. The van der Waals surface area contributed by atoms with Crippen LogP contribution in [-0.4, -0.2) is 28.4 Å². The summed E-state index contributed by atoms with van der Waals surface area (Å²) >= 11 is 12.2. The van der Waals surface area contributed by atoms with E-state index in [4.69, 9.17) is 39.3 Å². The van der Waals surface area contributed by atoms with Gasteiger partial charge in [0.25, 0.3) is 0 Å². The smallest absolute Gasteiger partial charge is 0.228 e. The second-order valence-electron chi connectivity index (χ2n) is 6.30. The van der Waals surface area contributed by atoms with Crippen LogP contribution in [0.4, 0.5) is 17.3 Å². The molecule has 150 valence electrons. The highest BCUT2D eigenvalue weighted by atomic mass is 35.5. The minimum atomic E-state index is 0.292. The number of pyridine rings is 1. The summed E-state index contributed by atoms with van der Waals surface area (Å²) in [7, 11) is 0. The van der Waals surface area contributed by atoms with Gasteiger partial charge in [0.15, 0.2) is 5.82 Å². The third kappa shape index (κ3) is 3.80. The Morgan fingerprint density at radius 1 is 0.966 bits per heavy atom. The van der Waals surface area contributed by atoms with Gasteiger partial charge >= 0.3 is 0 Å². The predicted molar refractivity (Wildman–Crippen MR) is 112 cm³/mol. The molecule has 0 amide bonds. The van der Waals surface area contributed by atoms with E-state index in [-0.39, 0.29) is 0 Å². The maximum atomic E-state index is 6.33. The van der Waals surface area contributed by atoms with Crippen molar-refractivity contribution in [3.8, 4) is 0 Å². The van der Waals surface area contributed by atoms with Gasteiger partial charge in [-0.15, -0.1) is 0 Å². The van der Waals surface area contributed by atoms with E-state index in [1.165, 1.54) is 0 Å². The Kier molecular flexibility index (Phi) is 5.43. The van der Waals surface area contributed by atoms with Crippen molar-refractivity contribution in [3.05, 3.63) is 70.0 Å². The number of nitrogens with zero attached hydrogens (tertiary/aromatic N) is 5. The van der Waals surface area contributed by atoms with Crippen LogP contribution in [0.15, 0.2) is 59.0 Å². The van der Waals surface area contributed by atoms with Gasteiger partial charge in [-0.05, 0) is 46.2 Å². The van der Waals surface area contributed by atoms with Crippen molar-refractivity contribution < 1.29 is 4.63 Å². The quantitative estimate of drug-likeness (QED) is 0.504. The van der Waals surface area contributed by atoms with E-state index in [1.807, 2.05) is 12.1 Å². The fraction of sp³-hybridized carbons (Fsp3) is 0.167. The molecular weight excluding hydrogens is 415 g/mol. The number of fused-ring (bicyclic) bond motifs is 1. The van der Waals surface area contributed by atoms with Gasteiger partial charge in [-0.25, -0.2) is 4.63 Å². The molecule has 2 aromatic heterocycles. The molecule has 3 heterocycles. The minimum Gasteiger partial charge on any atom is -0.382 e. The van der Waals surface area contributed by atoms with Gasteiger partial charge < -0.3 is 21.7 Å². The number of hydrogen-bond donors (Lipinski definition) is 3. The molecule has 0 radical (unpaired) electrons. The molecule has 0 saturated carbocycles. The molecule has 0 fully saturated rings. The normalized spacial score (nSPS) is 13.7. The van der Waals surface area contributed by atoms with Crippen molar-refractivity contribution in [1.29, 1.82) is 0 Å². The van der Waals surface area contributed by atoms with Crippen LogP contribution in [0.25, 0.3) is 0 Å². The fourth-order valence-electron chi connectivity index (χ4n) is 3.01. The summed E-state index contributed by atoms with van der Waals surface area (Å²) in [5.74, 6) is 1.52. The molecule has 29 heavy (non-hydrogen) atoms. The zero-order valence-electron chi connectivity index (χ0n) is 15.2. The molecule has 4 rings (SSSR count). The SMILES string of the molecule is NC1=C(N)N(c2ccc(Cl)c(Cl)c2)c2nonc2N1CCNCc1ccncc1. The number of anilines is 3. The average Bonchev–Trinajstić information content (AvgIpc) is 3.20. The Bertz CT molecular complexity index is 1040. The molecular formula is C18H18Cl2N8O. The first-order chi connectivity index (χ1) is 14.1. The molecule has 0 unspecified atom stereocenters. The minimum absolute atomic E-state index is 0.292. The maximum Gasteiger partial charge on any atom is 0.228 e. The summed E-state index contributed by atoms with van der Waals surface area (Å²) in [5, 5.41) is 12.2. The topological polar surface area (TPSA) is 122 Å². The van der Waals surface area contributed by atoms with Crippen LogP contribution in [-0.2, 0) is 6.54 Å². The van der Waals surface area contributed by atoms with E-state index in [2.05, 4.69) is 20.6 Å². The summed E-state index contributed by atoms with van der Waals surface area (Å²) in [6.45, 7) is 1.86. The second-order valence-corrected chi connectivity index (χ2v) is 7.11. The van der Waals surface area contributed by atoms with Crippen molar-refractivity contribution >= 4 is 40.5 Å². The summed E-state index contributed by atoms with van der Waals surface area (Å²) < 4.78 is 4.97. The summed E-state index contributed by atoms with van der Waals surface area (Å²) in [6.07, 6.45) is 3.52. The van der Waals surface area contributed by atoms with E-state index in [0.717, 1.165) is 5.56 Å². The average molecular weight is 433 g/mol. The van der Waals surface area contributed by atoms with Gasteiger partial charge in [-0.3, -0.25) is 9.88 Å². The van der Waals surface area contributed by atoms with Crippen LogP contribution >= 0.6 is 23.2 Å². The van der Waals surface area contributed by atoms with Crippen LogP contribution < -0.4 is 26.6 Å². The van der Waals surface area contributed by atoms with Gasteiger partial charge in [0.2, 0.25) is 11.6 Å². The molecule has 3 aromatic rings. The van der Waals surface area contributed by atoms with Crippen molar-refractivity contribution in [2.45, 2.75) is 6.54 Å². The lowest BCUT2D eigenvalue weighted by atomic mass is 10.2. The van der Waals surface area contributed by atoms with Gasteiger partial charge in [-0.1, -0.05) is 23.2 Å². The molecule has 0 aliphatic carbocycles. The third-order valence-corrected chi connectivity index (χ3v) is 5.21. The van der Waals surface area contributed by atoms with E-state index in [0.29, 0.717) is 58.6 Å². The zero-order chi connectivity index (χ0) is 20.4. The number of nitrogens with one attached hydrogen (secondary N) is 1. The summed E-state index contributed by atoms with van der Waals surface area (Å²) in [4.78, 5) is 7.40. The molecule has 1 aliphatic rings. The molecule has 9 nitrogen and oxygen atoms in total. The summed E-state index contributed by atoms with van der Waals surface area (Å²) in [6, 6.07) is 9.02. The van der Waals surface area contributed by atoms with E-state index in [9.17, 15) is 0 Å². The van der Waals surface area contributed by atoms with E-state index in [1.54, 1.807) is 40.4 Å². The lowest BCUT2D eigenvalue weighted by Gasteiger charge is -2.34. The molecule has 1 aromatic carbocycles. The van der Waals surface area contributed by atoms with Crippen LogP contribution in [0.5, 0.6) is 0 Å². The predicted octanol–water partition coefficient (Wildman–Crippen LogP) is 2.56. The van der Waals surface area contributed by atoms with Crippen molar-refractivity contribution in [2.24, 2.45) is 11.5 Å². The highest BCUT2D eigenvalue weighted by Crippen LogP contribution is 2.40. The highest BCUT2D eigenvalue weighted by molar-refractivity contribution is 6.42. The fourth-order valence-corrected chi connectivity index (χ4v) is 3.30. The second kappa shape index (κ2) is 8.16. The third-order valence-electron chi connectivity index (χ3n) is 4.47. The summed E-state index contributed by atoms with van der Waals surface area (Å²) in [5.41, 5.74) is 14.4. The number of rotatable bonds is 6. The van der Waals surface area contributed by atoms with E-state index >= 15 is 0 Å². The van der Waals surface area contributed by atoms with Crippen LogP contribution in [0.3, 0.4) is 0 Å². The van der Waals surface area contributed by atoms with Crippen LogP contribution in [0.1, 0.15) is 5.56 Å². The van der Waals surface area contributed by atoms with Gasteiger partial charge in [0, 0.05) is 32.0 Å². The molecule has 11 heteroatoms. The molecule has 5 N–H and O–H groups in total. The van der Waals surface area contributed by atoms with Gasteiger partial charge in [-0.2, -0.15) is 0 Å². The first-order valence-electron chi connectivity index (χ1n) is 8.76. The number of nitrogens with two attached hydrogens (primary N) is 2. The molecule has 0 atom stereocenters. The Balaban J connectivity index is 1.53. The van der Waals surface area contributed by atoms with Crippen molar-refractivity contribution in [3.63, 3.8) is 0 Å². The Hall–Kier alpha value is -3.01. The Morgan fingerprint density at radius 3 is 2.48 bits per heavy atom. The number of halogens is 2. The van der Waals surface area contributed by atoms with Crippen molar-refractivity contribution in [1.82, 2.24) is 20.6 Å². The maximum absolute atomic E-state index is 6.33. The largest absolute Gasteiger partial charge is 0.382 e. The number of hydrogen-bond acceptors (Lipinski definition) is 9. The molecule has 1 aliphatic heterocycles. The lowest BCUT2D eigenvalue weighted by Crippen LogP contribution is -2.43.